The maximum Gasteiger partial charge on any atom is 0.394 e. The molecular formula is C10H17NO3. The third-order valence-corrected chi connectivity index (χ3v) is 2.87. The number of carboxylic acids is 1. The van der Waals surface area contributed by atoms with Gasteiger partial charge in [0.05, 0.1) is 0 Å². The van der Waals surface area contributed by atoms with Crippen molar-refractivity contribution in [3.63, 3.8) is 0 Å². The minimum atomic E-state index is -1.39. The molecule has 0 saturated heterocycles. The SMILES string of the molecule is CC1(C)CCC(NC(=O)C(=O)O)CC1. The Hall–Kier alpha value is -1.06. The Balaban J connectivity index is 2.36. The van der Waals surface area contributed by atoms with E-state index in [-0.39, 0.29) is 6.04 Å². The zero-order valence-electron chi connectivity index (χ0n) is 8.67. The van der Waals surface area contributed by atoms with E-state index in [4.69, 9.17) is 5.11 Å². The van der Waals surface area contributed by atoms with Gasteiger partial charge in [-0.2, -0.15) is 0 Å². The fraction of sp³-hybridized carbons (Fsp3) is 0.800. The molecule has 4 nitrogen and oxygen atoms in total. The monoisotopic (exact) mass is 199 g/mol. The molecule has 0 bridgehead atoms. The predicted octanol–water partition coefficient (Wildman–Crippen LogP) is 1.16. The lowest BCUT2D eigenvalue weighted by Gasteiger charge is -2.34. The van der Waals surface area contributed by atoms with Gasteiger partial charge in [0.1, 0.15) is 0 Å². The first-order chi connectivity index (χ1) is 6.41. The Morgan fingerprint density at radius 3 is 2.21 bits per heavy atom. The van der Waals surface area contributed by atoms with Crippen LogP contribution in [0.1, 0.15) is 39.5 Å². The molecule has 0 spiro atoms. The first-order valence-corrected chi connectivity index (χ1v) is 4.94. The number of hydrogen-bond donors (Lipinski definition) is 2. The molecule has 0 atom stereocenters. The van der Waals surface area contributed by atoms with Crippen LogP contribution in [-0.4, -0.2) is 23.0 Å². The molecule has 2 N–H and O–H groups in total. The number of carbonyl (C=O) groups excluding carboxylic acids is 1. The van der Waals surface area contributed by atoms with Gasteiger partial charge in [0, 0.05) is 6.04 Å². The minimum Gasteiger partial charge on any atom is -0.474 e. The van der Waals surface area contributed by atoms with E-state index in [1.165, 1.54) is 0 Å². The maximum atomic E-state index is 10.9. The van der Waals surface area contributed by atoms with Gasteiger partial charge in [-0.15, -0.1) is 0 Å². The lowest BCUT2D eigenvalue weighted by molar-refractivity contribution is -0.150. The van der Waals surface area contributed by atoms with Gasteiger partial charge in [-0.3, -0.25) is 4.79 Å². The first kappa shape index (κ1) is 11.0. The van der Waals surface area contributed by atoms with Crippen LogP contribution in [0.4, 0.5) is 0 Å². The quantitative estimate of drug-likeness (QED) is 0.623. The molecule has 1 aliphatic rings. The molecule has 0 aromatic rings. The smallest absolute Gasteiger partial charge is 0.394 e. The average Bonchev–Trinajstić information content (AvgIpc) is 2.08. The van der Waals surface area contributed by atoms with Crippen molar-refractivity contribution in [2.75, 3.05) is 0 Å². The summed E-state index contributed by atoms with van der Waals surface area (Å²) >= 11 is 0. The molecule has 0 unspecified atom stereocenters. The van der Waals surface area contributed by atoms with Crippen molar-refractivity contribution in [2.24, 2.45) is 5.41 Å². The minimum absolute atomic E-state index is 0.0478. The fourth-order valence-electron chi connectivity index (χ4n) is 1.79. The Bertz CT molecular complexity index is 238. The van der Waals surface area contributed by atoms with Gasteiger partial charge in [0.15, 0.2) is 0 Å². The predicted molar refractivity (Wildman–Crippen MR) is 51.8 cm³/mol. The van der Waals surface area contributed by atoms with Crippen LogP contribution in [0.3, 0.4) is 0 Å². The van der Waals surface area contributed by atoms with E-state index in [9.17, 15) is 9.59 Å². The van der Waals surface area contributed by atoms with E-state index >= 15 is 0 Å². The highest BCUT2D eigenvalue weighted by Crippen LogP contribution is 2.34. The summed E-state index contributed by atoms with van der Waals surface area (Å²) in [5.74, 6) is -2.27. The first-order valence-electron chi connectivity index (χ1n) is 4.94. The summed E-state index contributed by atoms with van der Waals surface area (Å²) in [6, 6.07) is 0.0478. The van der Waals surface area contributed by atoms with Gasteiger partial charge in [-0.25, -0.2) is 4.79 Å². The van der Waals surface area contributed by atoms with Crippen LogP contribution < -0.4 is 5.32 Å². The van der Waals surface area contributed by atoms with E-state index in [1.54, 1.807) is 0 Å². The summed E-state index contributed by atoms with van der Waals surface area (Å²) in [6.07, 6.45) is 3.84. The number of carbonyl (C=O) groups is 2. The number of nitrogens with one attached hydrogen (secondary N) is 1. The van der Waals surface area contributed by atoms with Crippen LogP contribution in [0.15, 0.2) is 0 Å². The van der Waals surface area contributed by atoms with E-state index < -0.39 is 11.9 Å². The Kier molecular flexibility index (Phi) is 3.13. The molecule has 4 heteroatoms. The van der Waals surface area contributed by atoms with Crippen LogP contribution in [0, 0.1) is 5.41 Å². The molecular weight excluding hydrogens is 182 g/mol. The third kappa shape index (κ3) is 3.01. The van der Waals surface area contributed by atoms with Crippen molar-refractivity contribution in [3.8, 4) is 0 Å². The number of carboxylic acid groups (broad SMARTS) is 1. The van der Waals surface area contributed by atoms with Gasteiger partial charge >= 0.3 is 11.9 Å². The van der Waals surface area contributed by atoms with E-state index in [2.05, 4.69) is 19.2 Å². The summed E-state index contributed by atoms with van der Waals surface area (Å²) in [6.45, 7) is 4.39. The van der Waals surface area contributed by atoms with Crippen LogP contribution in [0.2, 0.25) is 0 Å². The van der Waals surface area contributed by atoms with Crippen molar-refractivity contribution in [2.45, 2.75) is 45.6 Å². The molecule has 14 heavy (non-hydrogen) atoms. The van der Waals surface area contributed by atoms with Crippen molar-refractivity contribution in [1.29, 1.82) is 0 Å². The summed E-state index contributed by atoms with van der Waals surface area (Å²) in [7, 11) is 0. The number of hydrogen-bond acceptors (Lipinski definition) is 2. The molecule has 1 saturated carbocycles. The highest BCUT2D eigenvalue weighted by atomic mass is 16.4. The number of rotatable bonds is 1. The van der Waals surface area contributed by atoms with Crippen molar-refractivity contribution in [3.05, 3.63) is 0 Å². The largest absolute Gasteiger partial charge is 0.474 e. The molecule has 1 fully saturated rings. The van der Waals surface area contributed by atoms with E-state index in [1.807, 2.05) is 0 Å². The van der Waals surface area contributed by atoms with Crippen molar-refractivity contribution < 1.29 is 14.7 Å². The highest BCUT2D eigenvalue weighted by Gasteiger charge is 2.28. The molecule has 1 aliphatic carbocycles. The van der Waals surface area contributed by atoms with Gasteiger partial charge < -0.3 is 10.4 Å². The molecule has 0 heterocycles. The summed E-state index contributed by atoms with van der Waals surface area (Å²) in [4.78, 5) is 21.2. The van der Waals surface area contributed by atoms with Gasteiger partial charge in [-0.1, -0.05) is 13.8 Å². The topological polar surface area (TPSA) is 66.4 Å². The standard InChI is InChI=1S/C10H17NO3/c1-10(2)5-3-7(4-6-10)11-8(12)9(13)14/h7H,3-6H2,1-2H3,(H,11,12)(H,13,14). The molecule has 0 aromatic heterocycles. The second kappa shape index (κ2) is 3.98. The normalized spacial score (nSPS) is 21.6. The van der Waals surface area contributed by atoms with Gasteiger partial charge in [-0.05, 0) is 31.1 Å². The average molecular weight is 199 g/mol. The maximum absolute atomic E-state index is 10.9. The zero-order chi connectivity index (χ0) is 10.8. The van der Waals surface area contributed by atoms with Crippen LogP contribution in [0.25, 0.3) is 0 Å². The second-order valence-electron chi connectivity index (χ2n) is 4.72. The lowest BCUT2D eigenvalue weighted by atomic mass is 9.75. The zero-order valence-corrected chi connectivity index (χ0v) is 8.67. The van der Waals surface area contributed by atoms with E-state index in [0.717, 1.165) is 25.7 Å². The second-order valence-corrected chi connectivity index (χ2v) is 4.72. The third-order valence-electron chi connectivity index (χ3n) is 2.87. The summed E-state index contributed by atoms with van der Waals surface area (Å²) in [5.41, 5.74) is 0.338. The highest BCUT2D eigenvalue weighted by molar-refractivity contribution is 6.31. The number of amides is 1. The molecule has 1 rings (SSSR count). The van der Waals surface area contributed by atoms with Gasteiger partial charge in [0.25, 0.3) is 0 Å². The summed E-state index contributed by atoms with van der Waals surface area (Å²) in [5, 5.41) is 10.9. The Morgan fingerprint density at radius 2 is 1.79 bits per heavy atom. The van der Waals surface area contributed by atoms with E-state index in [0.29, 0.717) is 5.41 Å². The summed E-state index contributed by atoms with van der Waals surface area (Å²) < 4.78 is 0. The van der Waals surface area contributed by atoms with Crippen molar-refractivity contribution in [1.82, 2.24) is 5.32 Å². The Labute approximate surface area is 83.7 Å². The molecule has 1 amide bonds. The molecule has 0 aromatic carbocycles. The fourth-order valence-corrected chi connectivity index (χ4v) is 1.79. The number of aliphatic carboxylic acids is 1. The molecule has 80 valence electrons. The van der Waals surface area contributed by atoms with Crippen LogP contribution >= 0.6 is 0 Å². The lowest BCUT2D eigenvalue weighted by Crippen LogP contribution is -2.42. The Morgan fingerprint density at radius 1 is 1.29 bits per heavy atom. The van der Waals surface area contributed by atoms with Crippen LogP contribution in [0.5, 0.6) is 0 Å². The van der Waals surface area contributed by atoms with Crippen LogP contribution in [-0.2, 0) is 9.59 Å². The van der Waals surface area contributed by atoms with Crippen molar-refractivity contribution >= 4 is 11.9 Å². The molecule has 0 radical (unpaired) electrons. The van der Waals surface area contributed by atoms with Gasteiger partial charge in [0.2, 0.25) is 0 Å². The molecule has 0 aliphatic heterocycles.